The first-order valence-corrected chi connectivity index (χ1v) is 5.48. The normalized spacial score (nSPS) is 16.1. The molecule has 2 rings (SSSR count). The Morgan fingerprint density at radius 2 is 2.18 bits per heavy atom. The lowest BCUT2D eigenvalue weighted by Gasteiger charge is -2.03. The number of benzene rings is 1. The third kappa shape index (κ3) is 2.20. The molecule has 0 aromatic heterocycles. The first kappa shape index (κ1) is 11.8. The number of allylic oxidation sites excluding steroid dienone is 1. The van der Waals surface area contributed by atoms with Crippen LogP contribution in [0.4, 0.5) is 8.78 Å². The Labute approximate surface area is 97.9 Å². The van der Waals surface area contributed by atoms with E-state index < -0.39 is 17.6 Å². The molecule has 0 aliphatic heterocycles. The highest BCUT2D eigenvalue weighted by Crippen LogP contribution is 2.34. The molecule has 0 amide bonds. The van der Waals surface area contributed by atoms with Gasteiger partial charge in [0.15, 0.2) is 11.6 Å². The fourth-order valence-corrected chi connectivity index (χ4v) is 2.01. The van der Waals surface area contributed by atoms with Crippen molar-refractivity contribution in [3.05, 3.63) is 41.0 Å². The van der Waals surface area contributed by atoms with Gasteiger partial charge in [0.05, 0.1) is 6.61 Å². The van der Waals surface area contributed by atoms with Gasteiger partial charge in [0, 0.05) is 6.08 Å². The molecule has 17 heavy (non-hydrogen) atoms. The summed E-state index contributed by atoms with van der Waals surface area (Å²) in [5, 5.41) is 0. The molecule has 1 aromatic rings. The highest BCUT2D eigenvalue weighted by molar-refractivity contribution is 5.92. The van der Waals surface area contributed by atoms with Crippen molar-refractivity contribution in [1.29, 1.82) is 0 Å². The predicted molar refractivity (Wildman–Crippen MR) is 59.3 cm³/mol. The van der Waals surface area contributed by atoms with Crippen LogP contribution < -0.4 is 0 Å². The molecule has 0 radical (unpaired) electrons. The van der Waals surface area contributed by atoms with E-state index in [2.05, 4.69) is 0 Å². The third-order valence-corrected chi connectivity index (χ3v) is 2.77. The van der Waals surface area contributed by atoms with E-state index in [0.29, 0.717) is 36.1 Å². The molecule has 0 N–H and O–H groups in total. The van der Waals surface area contributed by atoms with Crippen LogP contribution in [0.5, 0.6) is 0 Å². The molecule has 1 aliphatic carbocycles. The topological polar surface area (TPSA) is 26.3 Å². The summed E-state index contributed by atoms with van der Waals surface area (Å²) in [5.74, 6) is -2.10. The fourth-order valence-electron chi connectivity index (χ4n) is 2.01. The molecule has 0 spiro atoms. The molecule has 90 valence electrons. The van der Waals surface area contributed by atoms with E-state index in [0.717, 1.165) is 6.07 Å². The van der Waals surface area contributed by atoms with E-state index in [4.69, 9.17) is 4.74 Å². The maximum atomic E-state index is 13.4. The zero-order chi connectivity index (χ0) is 12.4. The summed E-state index contributed by atoms with van der Waals surface area (Å²) in [6.07, 6.45) is 2.31. The van der Waals surface area contributed by atoms with Gasteiger partial charge in [-0.05, 0) is 42.5 Å². The number of hydrogen-bond donors (Lipinski definition) is 0. The summed E-state index contributed by atoms with van der Waals surface area (Å²) < 4.78 is 31.2. The minimum atomic E-state index is -0.846. The number of fused-ring (bicyclic) bond motifs is 1. The highest BCUT2D eigenvalue weighted by Gasteiger charge is 2.22. The number of hydrogen-bond acceptors (Lipinski definition) is 2. The van der Waals surface area contributed by atoms with Crippen molar-refractivity contribution in [1.82, 2.24) is 0 Å². The molecule has 2 nitrogen and oxygen atoms in total. The number of halogens is 2. The van der Waals surface area contributed by atoms with E-state index in [9.17, 15) is 13.6 Å². The minimum absolute atomic E-state index is 0.299. The number of carbonyl (C=O) groups is 1. The molecule has 0 saturated carbocycles. The second-order valence-electron chi connectivity index (χ2n) is 3.81. The number of ether oxygens (including phenoxy) is 1. The first-order chi connectivity index (χ1) is 8.13. The lowest BCUT2D eigenvalue weighted by molar-refractivity contribution is -0.137. The Hall–Kier alpha value is -1.71. The largest absolute Gasteiger partial charge is 0.463 e. The van der Waals surface area contributed by atoms with Crippen LogP contribution in [0, 0.1) is 11.6 Å². The Balaban J connectivity index is 2.35. The van der Waals surface area contributed by atoms with E-state index >= 15 is 0 Å². The maximum Gasteiger partial charge on any atom is 0.331 e. The van der Waals surface area contributed by atoms with Gasteiger partial charge in [-0.25, -0.2) is 13.6 Å². The van der Waals surface area contributed by atoms with Crippen molar-refractivity contribution in [3.8, 4) is 0 Å². The molecule has 0 heterocycles. The molecule has 0 bridgehead atoms. The van der Waals surface area contributed by atoms with E-state index in [1.807, 2.05) is 0 Å². The maximum absolute atomic E-state index is 13.4. The second-order valence-corrected chi connectivity index (χ2v) is 3.81. The van der Waals surface area contributed by atoms with Crippen LogP contribution in [0.3, 0.4) is 0 Å². The fraction of sp³-hybridized carbons (Fsp3) is 0.308. The van der Waals surface area contributed by atoms with Crippen molar-refractivity contribution in [2.75, 3.05) is 6.61 Å². The summed E-state index contributed by atoms with van der Waals surface area (Å²) in [5.41, 5.74) is 1.66. The average Bonchev–Trinajstić information content (AvgIpc) is 2.68. The van der Waals surface area contributed by atoms with Crippen molar-refractivity contribution in [3.63, 3.8) is 0 Å². The molecular weight excluding hydrogens is 226 g/mol. The summed E-state index contributed by atoms with van der Waals surface area (Å²) in [6.45, 7) is 2.02. The summed E-state index contributed by atoms with van der Waals surface area (Å²) in [7, 11) is 0. The van der Waals surface area contributed by atoms with Crippen LogP contribution in [0.15, 0.2) is 18.2 Å². The first-order valence-electron chi connectivity index (χ1n) is 5.48. The summed E-state index contributed by atoms with van der Waals surface area (Å²) in [6, 6.07) is 2.59. The zero-order valence-corrected chi connectivity index (χ0v) is 9.43. The lowest BCUT2D eigenvalue weighted by atomic mass is 10.1. The molecule has 0 unspecified atom stereocenters. The Bertz CT molecular complexity index is 492. The number of esters is 1. The Morgan fingerprint density at radius 1 is 1.41 bits per heavy atom. The minimum Gasteiger partial charge on any atom is -0.463 e. The van der Waals surface area contributed by atoms with E-state index in [1.165, 1.54) is 12.1 Å². The van der Waals surface area contributed by atoms with Crippen molar-refractivity contribution < 1.29 is 18.3 Å². The standard InChI is InChI=1S/C13H12F2O2/c1-2-17-12(16)7-8-3-4-10-9(8)5-6-11(14)13(10)15/h5-7H,2-4H2,1H3/b8-7-. The lowest BCUT2D eigenvalue weighted by Crippen LogP contribution is -2.00. The van der Waals surface area contributed by atoms with Gasteiger partial charge in [-0.3, -0.25) is 0 Å². The number of carbonyl (C=O) groups excluding carboxylic acids is 1. The van der Waals surface area contributed by atoms with Gasteiger partial charge in [-0.15, -0.1) is 0 Å². The van der Waals surface area contributed by atoms with Gasteiger partial charge in [-0.1, -0.05) is 6.07 Å². The van der Waals surface area contributed by atoms with Crippen LogP contribution in [0.2, 0.25) is 0 Å². The van der Waals surface area contributed by atoms with Gasteiger partial charge in [-0.2, -0.15) is 0 Å². The SMILES string of the molecule is CCOC(=O)/C=C1/CCc2c1ccc(F)c2F. The zero-order valence-electron chi connectivity index (χ0n) is 9.43. The molecule has 1 aliphatic rings. The van der Waals surface area contributed by atoms with Gasteiger partial charge < -0.3 is 4.74 Å². The average molecular weight is 238 g/mol. The van der Waals surface area contributed by atoms with Gasteiger partial charge in [0.1, 0.15) is 0 Å². The molecule has 0 atom stereocenters. The summed E-state index contributed by atoms with van der Waals surface area (Å²) in [4.78, 5) is 11.3. The Kier molecular flexibility index (Phi) is 3.22. The van der Waals surface area contributed by atoms with Crippen LogP contribution in [0.25, 0.3) is 5.57 Å². The van der Waals surface area contributed by atoms with Crippen molar-refractivity contribution in [2.24, 2.45) is 0 Å². The van der Waals surface area contributed by atoms with Crippen molar-refractivity contribution >= 4 is 11.5 Å². The van der Waals surface area contributed by atoms with Crippen LogP contribution in [0.1, 0.15) is 24.5 Å². The second kappa shape index (κ2) is 4.65. The third-order valence-electron chi connectivity index (χ3n) is 2.77. The predicted octanol–water partition coefficient (Wildman–Crippen LogP) is 2.86. The van der Waals surface area contributed by atoms with E-state index in [1.54, 1.807) is 6.92 Å². The molecule has 0 fully saturated rings. The van der Waals surface area contributed by atoms with Crippen LogP contribution in [-0.2, 0) is 16.0 Å². The van der Waals surface area contributed by atoms with Crippen LogP contribution in [-0.4, -0.2) is 12.6 Å². The van der Waals surface area contributed by atoms with Gasteiger partial charge in [0.2, 0.25) is 0 Å². The van der Waals surface area contributed by atoms with E-state index in [-0.39, 0.29) is 0 Å². The highest BCUT2D eigenvalue weighted by atomic mass is 19.2. The Morgan fingerprint density at radius 3 is 2.88 bits per heavy atom. The molecule has 0 saturated heterocycles. The quantitative estimate of drug-likeness (QED) is 0.585. The smallest absolute Gasteiger partial charge is 0.331 e. The molecule has 4 heteroatoms. The van der Waals surface area contributed by atoms with Gasteiger partial charge in [0.25, 0.3) is 0 Å². The van der Waals surface area contributed by atoms with Crippen LogP contribution >= 0.6 is 0 Å². The van der Waals surface area contributed by atoms with Gasteiger partial charge >= 0.3 is 5.97 Å². The monoisotopic (exact) mass is 238 g/mol. The summed E-state index contributed by atoms with van der Waals surface area (Å²) >= 11 is 0. The molecular formula is C13H12F2O2. The van der Waals surface area contributed by atoms with Crippen molar-refractivity contribution in [2.45, 2.75) is 19.8 Å². The molecule has 1 aromatic carbocycles. The number of rotatable bonds is 2.